The molecular weight excluding hydrogens is 490 g/mol. The number of hydrogen-bond acceptors (Lipinski definition) is 5. The van der Waals surface area contributed by atoms with Gasteiger partial charge in [0.25, 0.3) is 11.8 Å². The van der Waals surface area contributed by atoms with E-state index in [0.717, 1.165) is 15.6 Å². The van der Waals surface area contributed by atoms with Crippen LogP contribution in [0.15, 0.2) is 66.7 Å². The molecule has 0 fully saturated rings. The second-order valence-corrected chi connectivity index (χ2v) is 9.20. The number of nitrogens with one attached hydrogen (secondary N) is 3. The number of fused-ring (bicyclic) bond motifs is 1. The lowest BCUT2D eigenvalue weighted by Gasteiger charge is -2.13. The lowest BCUT2D eigenvalue weighted by Crippen LogP contribution is -2.33. The molecule has 0 bridgehead atoms. The Morgan fingerprint density at radius 2 is 1.74 bits per heavy atom. The molecule has 3 aromatic carbocycles. The van der Waals surface area contributed by atoms with Crippen molar-refractivity contribution >= 4 is 73.5 Å². The van der Waals surface area contributed by atoms with E-state index >= 15 is 0 Å². The molecule has 1 heterocycles. The van der Waals surface area contributed by atoms with Crippen molar-refractivity contribution in [3.05, 3.63) is 87.8 Å². The molecule has 0 atom stereocenters. The summed E-state index contributed by atoms with van der Waals surface area (Å²) in [6, 6.07) is 19.8. The molecule has 3 N–H and O–H groups in total. The molecule has 0 unspecified atom stereocenters. The van der Waals surface area contributed by atoms with E-state index in [1.165, 1.54) is 11.3 Å². The van der Waals surface area contributed by atoms with Crippen molar-refractivity contribution in [2.24, 2.45) is 0 Å². The molecule has 0 spiro atoms. The van der Waals surface area contributed by atoms with Crippen molar-refractivity contribution in [3.8, 4) is 5.75 Å². The Bertz CT molecular complexity index is 1400. The van der Waals surface area contributed by atoms with Crippen LogP contribution in [0.5, 0.6) is 5.75 Å². The van der Waals surface area contributed by atoms with Gasteiger partial charge in [-0.1, -0.05) is 29.8 Å². The molecule has 4 rings (SSSR count). The number of carbonyl (C=O) groups is 2. The van der Waals surface area contributed by atoms with Crippen LogP contribution in [0.2, 0.25) is 5.02 Å². The quantitative estimate of drug-likeness (QED) is 0.277. The Kier molecular flexibility index (Phi) is 7.12. The minimum Gasteiger partial charge on any atom is -0.497 e. The number of ether oxygens (including phenoxy) is 1. The van der Waals surface area contributed by atoms with E-state index in [4.69, 9.17) is 28.6 Å². The lowest BCUT2D eigenvalue weighted by atomic mass is 10.1. The zero-order valence-electron chi connectivity index (χ0n) is 18.3. The van der Waals surface area contributed by atoms with E-state index in [-0.39, 0.29) is 11.0 Å². The maximum Gasteiger partial charge on any atom is 0.269 e. The van der Waals surface area contributed by atoms with Gasteiger partial charge >= 0.3 is 0 Å². The Balaban J connectivity index is 1.41. The second-order valence-electron chi connectivity index (χ2n) is 7.37. The van der Waals surface area contributed by atoms with Crippen LogP contribution in [0, 0.1) is 6.92 Å². The van der Waals surface area contributed by atoms with Crippen molar-refractivity contribution < 1.29 is 14.3 Å². The van der Waals surface area contributed by atoms with Gasteiger partial charge in [-0.3, -0.25) is 14.9 Å². The zero-order chi connectivity index (χ0) is 24.2. The predicted octanol–water partition coefficient (Wildman–Crippen LogP) is 6.25. The Labute approximate surface area is 210 Å². The van der Waals surface area contributed by atoms with Gasteiger partial charge in [0, 0.05) is 27.0 Å². The van der Waals surface area contributed by atoms with E-state index < -0.39 is 5.91 Å². The standard InChI is InChI=1S/C25H20ClN3O3S2/c1-14-12-16(8-11-19(14)28-23(30)15-6-4-3-5-7-15)27-25(33)29-24(31)22-21(26)18-10-9-17(32-2)13-20(18)34-22/h3-13H,1-2H3,(H,28,30)(H2,27,29,31,33). The number of aryl methyl sites for hydroxylation is 1. The third-order valence-electron chi connectivity index (χ3n) is 5.04. The van der Waals surface area contributed by atoms with E-state index in [1.54, 1.807) is 37.4 Å². The first-order valence-corrected chi connectivity index (χ1v) is 11.8. The van der Waals surface area contributed by atoms with Gasteiger partial charge in [0.1, 0.15) is 10.6 Å². The van der Waals surface area contributed by atoms with Crippen LogP contribution >= 0.6 is 35.2 Å². The summed E-state index contributed by atoms with van der Waals surface area (Å²) in [7, 11) is 1.58. The highest BCUT2D eigenvalue weighted by Crippen LogP contribution is 2.37. The number of amides is 2. The average molecular weight is 510 g/mol. The first-order valence-electron chi connectivity index (χ1n) is 10.2. The highest BCUT2D eigenvalue weighted by Gasteiger charge is 2.19. The summed E-state index contributed by atoms with van der Waals surface area (Å²) in [4.78, 5) is 25.5. The molecule has 172 valence electrons. The molecule has 0 radical (unpaired) electrons. The van der Waals surface area contributed by atoms with Crippen molar-refractivity contribution in [1.82, 2.24) is 5.32 Å². The molecular formula is C25H20ClN3O3S2. The number of halogens is 1. The van der Waals surface area contributed by atoms with Crippen LogP contribution in [-0.4, -0.2) is 24.0 Å². The number of thiocarbonyl (C=S) groups is 1. The van der Waals surface area contributed by atoms with Gasteiger partial charge in [0.05, 0.1) is 12.1 Å². The molecule has 0 saturated carbocycles. The molecule has 2 amide bonds. The molecule has 0 aliphatic rings. The summed E-state index contributed by atoms with van der Waals surface area (Å²) in [6.07, 6.45) is 0. The Morgan fingerprint density at radius 1 is 0.971 bits per heavy atom. The largest absolute Gasteiger partial charge is 0.497 e. The van der Waals surface area contributed by atoms with E-state index in [0.29, 0.717) is 32.6 Å². The molecule has 4 aromatic rings. The van der Waals surface area contributed by atoms with Gasteiger partial charge in [-0.25, -0.2) is 0 Å². The average Bonchev–Trinajstić information content (AvgIpc) is 3.17. The number of benzene rings is 3. The maximum atomic E-state index is 12.8. The number of thiophene rings is 1. The third kappa shape index (κ3) is 5.20. The second kappa shape index (κ2) is 10.2. The van der Waals surface area contributed by atoms with Crippen LogP contribution in [0.25, 0.3) is 10.1 Å². The van der Waals surface area contributed by atoms with Gasteiger partial charge in [-0.15, -0.1) is 11.3 Å². The van der Waals surface area contributed by atoms with Gasteiger partial charge in [0.15, 0.2) is 5.11 Å². The fourth-order valence-corrected chi connectivity index (χ4v) is 4.96. The monoisotopic (exact) mass is 509 g/mol. The maximum absolute atomic E-state index is 12.8. The van der Waals surface area contributed by atoms with Crippen molar-refractivity contribution in [3.63, 3.8) is 0 Å². The van der Waals surface area contributed by atoms with E-state index in [1.807, 2.05) is 43.3 Å². The van der Waals surface area contributed by atoms with Crippen LogP contribution in [0.3, 0.4) is 0 Å². The number of hydrogen-bond donors (Lipinski definition) is 3. The summed E-state index contributed by atoms with van der Waals surface area (Å²) < 4.78 is 6.08. The van der Waals surface area contributed by atoms with Crippen LogP contribution in [0.1, 0.15) is 25.6 Å². The number of rotatable bonds is 5. The summed E-state index contributed by atoms with van der Waals surface area (Å²) in [5.41, 5.74) is 2.77. The predicted molar refractivity (Wildman–Crippen MR) is 143 cm³/mol. The molecule has 0 aliphatic heterocycles. The lowest BCUT2D eigenvalue weighted by molar-refractivity contribution is 0.0980. The van der Waals surface area contributed by atoms with Gasteiger partial charge < -0.3 is 15.4 Å². The molecule has 0 aliphatic carbocycles. The smallest absolute Gasteiger partial charge is 0.269 e. The first kappa shape index (κ1) is 23.7. The van der Waals surface area contributed by atoms with Crippen LogP contribution < -0.4 is 20.7 Å². The van der Waals surface area contributed by atoms with Crippen LogP contribution in [-0.2, 0) is 0 Å². The fourth-order valence-electron chi connectivity index (χ4n) is 3.31. The molecule has 6 nitrogen and oxygen atoms in total. The normalized spacial score (nSPS) is 10.6. The summed E-state index contributed by atoms with van der Waals surface area (Å²) in [5.74, 6) is 0.101. The Morgan fingerprint density at radius 3 is 2.44 bits per heavy atom. The fraction of sp³-hybridized carbons (Fsp3) is 0.0800. The molecule has 34 heavy (non-hydrogen) atoms. The minimum absolute atomic E-state index is 0.136. The van der Waals surface area contributed by atoms with E-state index in [9.17, 15) is 9.59 Å². The highest BCUT2D eigenvalue weighted by atomic mass is 35.5. The number of methoxy groups -OCH3 is 1. The highest BCUT2D eigenvalue weighted by molar-refractivity contribution is 7.80. The molecule has 9 heteroatoms. The number of carbonyl (C=O) groups excluding carboxylic acids is 2. The number of anilines is 2. The first-order chi connectivity index (χ1) is 16.4. The summed E-state index contributed by atoms with van der Waals surface area (Å²) in [5, 5.41) is 9.85. The molecule has 0 saturated heterocycles. The topological polar surface area (TPSA) is 79.5 Å². The van der Waals surface area contributed by atoms with Gasteiger partial charge in [-0.2, -0.15) is 0 Å². The van der Waals surface area contributed by atoms with Gasteiger partial charge in [-0.05, 0) is 73.2 Å². The molecule has 1 aromatic heterocycles. The summed E-state index contributed by atoms with van der Waals surface area (Å²) >= 11 is 13.0. The minimum atomic E-state index is -0.397. The zero-order valence-corrected chi connectivity index (χ0v) is 20.7. The SMILES string of the molecule is COc1ccc2c(Cl)c(C(=O)NC(=S)Nc3ccc(NC(=O)c4ccccc4)c(C)c3)sc2c1. The summed E-state index contributed by atoms with van der Waals surface area (Å²) in [6.45, 7) is 1.87. The van der Waals surface area contributed by atoms with E-state index in [2.05, 4.69) is 16.0 Å². The van der Waals surface area contributed by atoms with Crippen molar-refractivity contribution in [2.45, 2.75) is 6.92 Å². The van der Waals surface area contributed by atoms with Crippen molar-refractivity contribution in [1.29, 1.82) is 0 Å². The Hall–Kier alpha value is -3.46. The van der Waals surface area contributed by atoms with Crippen LogP contribution in [0.4, 0.5) is 11.4 Å². The van der Waals surface area contributed by atoms with Gasteiger partial charge in [0.2, 0.25) is 0 Å². The van der Waals surface area contributed by atoms with Crippen molar-refractivity contribution in [2.75, 3.05) is 17.7 Å². The third-order valence-corrected chi connectivity index (χ3v) is 6.90.